The predicted molar refractivity (Wildman–Crippen MR) is 122 cm³/mol. The van der Waals surface area contributed by atoms with Gasteiger partial charge < -0.3 is 24.8 Å². The largest absolute Gasteiger partial charge is 0.486 e. The summed E-state index contributed by atoms with van der Waals surface area (Å²) >= 11 is 6.18. The molecule has 1 aliphatic rings. The molecule has 0 radical (unpaired) electrons. The van der Waals surface area contributed by atoms with Crippen molar-refractivity contribution in [2.45, 2.75) is 13.5 Å². The summed E-state index contributed by atoms with van der Waals surface area (Å²) in [7, 11) is 0. The minimum Gasteiger partial charge on any atom is -0.486 e. The number of rotatable bonds is 7. The van der Waals surface area contributed by atoms with Crippen molar-refractivity contribution in [2.24, 2.45) is 0 Å². The van der Waals surface area contributed by atoms with Crippen LogP contribution in [0.2, 0.25) is 5.02 Å². The second-order valence-corrected chi connectivity index (χ2v) is 7.60. The van der Waals surface area contributed by atoms with Crippen LogP contribution < -0.4 is 24.8 Å². The van der Waals surface area contributed by atoms with Gasteiger partial charge in [-0.1, -0.05) is 29.3 Å². The smallest absolute Gasteiger partial charge is 0.262 e. The number of benzene rings is 3. The van der Waals surface area contributed by atoms with E-state index in [1.807, 2.05) is 55.5 Å². The van der Waals surface area contributed by atoms with Crippen LogP contribution in [0.15, 0.2) is 60.7 Å². The third-order valence-corrected chi connectivity index (χ3v) is 4.98. The van der Waals surface area contributed by atoms with Crippen LogP contribution in [-0.4, -0.2) is 25.7 Å². The van der Waals surface area contributed by atoms with Crippen LogP contribution in [0.25, 0.3) is 0 Å². The van der Waals surface area contributed by atoms with Gasteiger partial charge in [-0.05, 0) is 49.4 Å². The van der Waals surface area contributed by atoms with Crippen LogP contribution in [-0.2, 0) is 11.3 Å². The van der Waals surface area contributed by atoms with Gasteiger partial charge in [-0.2, -0.15) is 0 Å². The topological polar surface area (TPSA) is 68.8 Å². The van der Waals surface area contributed by atoms with Gasteiger partial charge in [0.15, 0.2) is 18.1 Å². The van der Waals surface area contributed by atoms with Gasteiger partial charge >= 0.3 is 0 Å². The summed E-state index contributed by atoms with van der Waals surface area (Å²) in [5.74, 6) is 1.81. The average Bonchev–Trinajstić information content (AvgIpc) is 2.78. The van der Waals surface area contributed by atoms with E-state index >= 15 is 0 Å². The molecule has 0 saturated carbocycles. The molecule has 0 saturated heterocycles. The number of nitrogens with one attached hydrogen (secondary N) is 2. The van der Waals surface area contributed by atoms with Crippen LogP contribution in [0, 0.1) is 6.92 Å². The normalized spacial score (nSPS) is 12.2. The van der Waals surface area contributed by atoms with E-state index in [1.165, 1.54) is 0 Å². The Hall–Kier alpha value is -3.38. The lowest BCUT2D eigenvalue weighted by molar-refractivity contribution is -0.118. The summed E-state index contributed by atoms with van der Waals surface area (Å²) in [6.45, 7) is 3.45. The minimum atomic E-state index is -0.232. The fraction of sp³-hybridized carbons (Fsp3) is 0.208. The lowest BCUT2D eigenvalue weighted by Gasteiger charge is -2.19. The summed E-state index contributed by atoms with van der Waals surface area (Å²) in [5, 5.41) is 6.76. The van der Waals surface area contributed by atoms with E-state index in [2.05, 4.69) is 10.6 Å². The number of carbonyl (C=O) groups excluding carboxylic acids is 1. The summed E-state index contributed by atoms with van der Waals surface area (Å²) in [6.07, 6.45) is 0. The van der Waals surface area contributed by atoms with Crippen molar-refractivity contribution >= 4 is 28.9 Å². The molecule has 2 N–H and O–H groups in total. The quantitative estimate of drug-likeness (QED) is 0.540. The molecule has 3 aromatic carbocycles. The van der Waals surface area contributed by atoms with E-state index in [9.17, 15) is 4.79 Å². The lowest BCUT2D eigenvalue weighted by atomic mass is 10.2. The summed E-state index contributed by atoms with van der Waals surface area (Å²) in [5.41, 5.74) is 3.58. The fourth-order valence-corrected chi connectivity index (χ4v) is 3.35. The Balaban J connectivity index is 1.38. The predicted octanol–water partition coefficient (Wildman–Crippen LogP) is 5.05. The Kier molecular flexibility index (Phi) is 6.48. The first-order valence-corrected chi connectivity index (χ1v) is 10.4. The van der Waals surface area contributed by atoms with E-state index < -0.39 is 0 Å². The Morgan fingerprint density at radius 2 is 1.71 bits per heavy atom. The molecule has 0 spiro atoms. The second kappa shape index (κ2) is 9.62. The van der Waals surface area contributed by atoms with E-state index in [1.54, 1.807) is 12.1 Å². The molecule has 3 aromatic rings. The minimum absolute atomic E-state index is 0.105. The molecule has 7 heteroatoms. The molecule has 0 aromatic heterocycles. The van der Waals surface area contributed by atoms with E-state index in [4.69, 9.17) is 25.8 Å². The monoisotopic (exact) mass is 438 g/mol. The van der Waals surface area contributed by atoms with E-state index in [0.29, 0.717) is 36.3 Å². The molecule has 160 valence electrons. The summed E-state index contributed by atoms with van der Waals surface area (Å²) in [4.78, 5) is 12.3. The fourth-order valence-electron chi connectivity index (χ4n) is 3.15. The number of hydrogen-bond donors (Lipinski definition) is 2. The molecular weight excluding hydrogens is 416 g/mol. The molecule has 6 nitrogen and oxygen atoms in total. The first-order chi connectivity index (χ1) is 15.1. The van der Waals surface area contributed by atoms with Gasteiger partial charge in [0.1, 0.15) is 19.0 Å². The van der Waals surface area contributed by atoms with Gasteiger partial charge in [0.25, 0.3) is 5.91 Å². The highest BCUT2D eigenvalue weighted by Crippen LogP contribution is 2.33. The van der Waals surface area contributed by atoms with Crippen LogP contribution in [0.4, 0.5) is 11.4 Å². The zero-order valence-electron chi connectivity index (χ0n) is 17.1. The number of anilines is 2. The van der Waals surface area contributed by atoms with E-state index in [0.717, 1.165) is 28.3 Å². The number of ether oxygens (including phenoxy) is 3. The van der Waals surface area contributed by atoms with Crippen LogP contribution in [0.1, 0.15) is 11.1 Å². The van der Waals surface area contributed by atoms with Crippen molar-refractivity contribution in [2.75, 3.05) is 30.5 Å². The zero-order chi connectivity index (χ0) is 21.6. The standard InChI is InChI=1S/C24H23ClN2O4/c1-16-2-5-19(6-3-16)27-24(28)15-31-21-8-4-18(25)12-17(21)14-26-20-7-9-22-23(13-20)30-11-10-29-22/h2-9,12-13,26H,10-11,14-15H2,1H3,(H,27,28). The first kappa shape index (κ1) is 20.9. The summed E-state index contributed by atoms with van der Waals surface area (Å²) in [6, 6.07) is 18.6. The highest BCUT2D eigenvalue weighted by molar-refractivity contribution is 6.30. The van der Waals surface area contributed by atoms with Crippen molar-refractivity contribution in [1.82, 2.24) is 0 Å². The third-order valence-electron chi connectivity index (χ3n) is 4.74. The highest BCUT2D eigenvalue weighted by atomic mass is 35.5. The molecule has 31 heavy (non-hydrogen) atoms. The van der Waals surface area contributed by atoms with Crippen LogP contribution in [0.3, 0.4) is 0 Å². The molecule has 0 unspecified atom stereocenters. The average molecular weight is 439 g/mol. The van der Waals surface area contributed by atoms with Gasteiger partial charge in [-0.15, -0.1) is 0 Å². The second-order valence-electron chi connectivity index (χ2n) is 7.17. The molecule has 1 heterocycles. The third kappa shape index (κ3) is 5.61. The number of carbonyl (C=O) groups is 1. The highest BCUT2D eigenvalue weighted by Gasteiger charge is 2.13. The van der Waals surface area contributed by atoms with Crippen molar-refractivity contribution in [3.8, 4) is 17.2 Å². The maximum Gasteiger partial charge on any atom is 0.262 e. The molecule has 4 rings (SSSR count). The van der Waals surface area contributed by atoms with Gasteiger partial charge in [-0.3, -0.25) is 4.79 Å². The number of aryl methyl sites for hydroxylation is 1. The van der Waals surface area contributed by atoms with Gasteiger partial charge in [0.05, 0.1) is 0 Å². The maximum atomic E-state index is 12.3. The molecule has 0 fully saturated rings. The maximum absolute atomic E-state index is 12.3. The number of halogens is 1. The van der Waals surface area contributed by atoms with Gasteiger partial charge in [0.2, 0.25) is 0 Å². The Morgan fingerprint density at radius 1 is 0.968 bits per heavy atom. The Bertz CT molecular complexity index is 1070. The SMILES string of the molecule is Cc1ccc(NC(=O)COc2ccc(Cl)cc2CNc2ccc3c(c2)OCCO3)cc1. The molecule has 1 amide bonds. The summed E-state index contributed by atoms with van der Waals surface area (Å²) < 4.78 is 16.9. The van der Waals surface area contributed by atoms with Crippen LogP contribution in [0.5, 0.6) is 17.2 Å². The molecular formula is C24H23ClN2O4. The number of amides is 1. The Labute approximate surface area is 186 Å². The van der Waals surface area contributed by atoms with E-state index in [-0.39, 0.29) is 12.5 Å². The van der Waals surface area contributed by atoms with Crippen molar-refractivity contribution in [3.05, 3.63) is 76.8 Å². The lowest BCUT2D eigenvalue weighted by Crippen LogP contribution is -2.20. The molecule has 0 bridgehead atoms. The number of hydrogen-bond acceptors (Lipinski definition) is 5. The molecule has 0 atom stereocenters. The van der Waals surface area contributed by atoms with Crippen molar-refractivity contribution < 1.29 is 19.0 Å². The first-order valence-electron chi connectivity index (χ1n) is 9.98. The van der Waals surface area contributed by atoms with Gasteiger partial charge in [0, 0.05) is 34.6 Å². The van der Waals surface area contributed by atoms with Crippen molar-refractivity contribution in [3.63, 3.8) is 0 Å². The van der Waals surface area contributed by atoms with Crippen LogP contribution >= 0.6 is 11.6 Å². The zero-order valence-corrected chi connectivity index (χ0v) is 17.9. The number of fused-ring (bicyclic) bond motifs is 1. The molecule has 1 aliphatic heterocycles. The Morgan fingerprint density at radius 3 is 2.52 bits per heavy atom. The van der Waals surface area contributed by atoms with Gasteiger partial charge in [-0.25, -0.2) is 0 Å². The molecule has 0 aliphatic carbocycles. The van der Waals surface area contributed by atoms with Crippen molar-refractivity contribution in [1.29, 1.82) is 0 Å².